The highest BCUT2D eigenvalue weighted by molar-refractivity contribution is 5.94. The minimum absolute atomic E-state index is 0.0577. The van der Waals surface area contributed by atoms with Gasteiger partial charge in [-0.3, -0.25) is 9.59 Å². The monoisotopic (exact) mass is 234 g/mol. The van der Waals surface area contributed by atoms with E-state index in [1.54, 1.807) is 18.5 Å². The van der Waals surface area contributed by atoms with E-state index < -0.39 is 6.04 Å². The van der Waals surface area contributed by atoms with Gasteiger partial charge < -0.3 is 10.2 Å². The van der Waals surface area contributed by atoms with Gasteiger partial charge in [0.2, 0.25) is 11.8 Å². The third-order valence-corrected chi connectivity index (χ3v) is 2.73. The summed E-state index contributed by atoms with van der Waals surface area (Å²) in [6.07, 6.45) is 3.83. The van der Waals surface area contributed by atoms with E-state index in [1.165, 1.54) is 4.90 Å². The lowest BCUT2D eigenvalue weighted by molar-refractivity contribution is -0.146. The predicted octanol–water partition coefficient (Wildman–Crippen LogP) is -0.286. The van der Waals surface area contributed by atoms with E-state index in [0.29, 0.717) is 12.2 Å². The number of nitrogens with one attached hydrogen (secondary N) is 1. The van der Waals surface area contributed by atoms with Crippen LogP contribution in [0.25, 0.3) is 0 Å². The number of amides is 2. The summed E-state index contributed by atoms with van der Waals surface area (Å²) in [7, 11) is 0. The molecule has 90 valence electrons. The van der Waals surface area contributed by atoms with Crippen LogP contribution in [0.15, 0.2) is 18.5 Å². The lowest BCUT2D eigenvalue weighted by Gasteiger charge is -2.33. The molecule has 2 rings (SSSR count). The molecule has 6 nitrogen and oxygen atoms in total. The number of carbonyl (C=O) groups is 2. The van der Waals surface area contributed by atoms with Gasteiger partial charge in [-0.15, -0.1) is 0 Å². The Labute approximate surface area is 99.1 Å². The fourth-order valence-electron chi connectivity index (χ4n) is 1.87. The number of rotatable bonds is 3. The summed E-state index contributed by atoms with van der Waals surface area (Å²) in [6.45, 7) is 2.22. The minimum Gasteiger partial charge on any atom is -0.345 e. The first-order valence-corrected chi connectivity index (χ1v) is 5.55. The fourth-order valence-corrected chi connectivity index (χ4v) is 1.87. The number of carbonyl (C=O) groups excluding carboxylic acids is 2. The molecule has 1 saturated heterocycles. The highest BCUT2D eigenvalue weighted by Crippen LogP contribution is 2.12. The van der Waals surface area contributed by atoms with E-state index in [4.69, 9.17) is 0 Å². The van der Waals surface area contributed by atoms with Crippen LogP contribution in [0.5, 0.6) is 0 Å². The molecule has 1 unspecified atom stereocenters. The van der Waals surface area contributed by atoms with Gasteiger partial charge in [0.15, 0.2) is 0 Å². The molecule has 1 atom stereocenters. The molecule has 2 amide bonds. The summed E-state index contributed by atoms with van der Waals surface area (Å²) >= 11 is 0. The topological polar surface area (TPSA) is 75.2 Å². The van der Waals surface area contributed by atoms with Gasteiger partial charge in [-0.25, -0.2) is 9.97 Å². The molecular weight excluding hydrogens is 220 g/mol. The Balaban J connectivity index is 2.16. The Morgan fingerprint density at radius 2 is 2.12 bits per heavy atom. The molecule has 0 aliphatic carbocycles. The maximum absolute atomic E-state index is 11.8. The van der Waals surface area contributed by atoms with Crippen LogP contribution in [0.4, 0.5) is 0 Å². The Morgan fingerprint density at radius 3 is 2.76 bits per heavy atom. The second-order valence-electron chi connectivity index (χ2n) is 3.83. The van der Waals surface area contributed by atoms with Crippen molar-refractivity contribution < 1.29 is 9.59 Å². The lowest BCUT2D eigenvalue weighted by atomic mass is 10.1. The summed E-state index contributed by atoms with van der Waals surface area (Å²) in [5.41, 5.74) is 0. The first-order chi connectivity index (χ1) is 8.22. The second kappa shape index (κ2) is 4.90. The van der Waals surface area contributed by atoms with Crippen LogP contribution < -0.4 is 5.32 Å². The number of piperazine rings is 1. The van der Waals surface area contributed by atoms with Gasteiger partial charge in [-0.2, -0.15) is 0 Å². The van der Waals surface area contributed by atoms with Crippen LogP contribution in [-0.2, 0) is 16.1 Å². The molecule has 1 aliphatic heterocycles. The normalized spacial score (nSPS) is 20.3. The third-order valence-electron chi connectivity index (χ3n) is 2.73. The van der Waals surface area contributed by atoms with Crippen LogP contribution in [0, 0.1) is 0 Å². The zero-order valence-corrected chi connectivity index (χ0v) is 9.59. The zero-order chi connectivity index (χ0) is 12.3. The quantitative estimate of drug-likeness (QED) is 0.780. The maximum atomic E-state index is 11.8. The van der Waals surface area contributed by atoms with E-state index in [2.05, 4.69) is 15.3 Å². The molecule has 17 heavy (non-hydrogen) atoms. The van der Waals surface area contributed by atoms with Crippen LogP contribution in [0.3, 0.4) is 0 Å². The van der Waals surface area contributed by atoms with Crippen molar-refractivity contribution in [3.63, 3.8) is 0 Å². The van der Waals surface area contributed by atoms with E-state index in [-0.39, 0.29) is 24.9 Å². The van der Waals surface area contributed by atoms with Crippen molar-refractivity contribution in [1.29, 1.82) is 0 Å². The van der Waals surface area contributed by atoms with E-state index in [0.717, 1.165) is 0 Å². The first kappa shape index (κ1) is 11.5. The molecule has 2 heterocycles. The van der Waals surface area contributed by atoms with E-state index in [9.17, 15) is 9.59 Å². The average molecular weight is 234 g/mol. The molecule has 0 bridgehead atoms. The van der Waals surface area contributed by atoms with Gasteiger partial charge in [-0.05, 0) is 12.5 Å². The predicted molar refractivity (Wildman–Crippen MR) is 59.7 cm³/mol. The van der Waals surface area contributed by atoms with Gasteiger partial charge in [0.1, 0.15) is 11.9 Å². The summed E-state index contributed by atoms with van der Waals surface area (Å²) in [6, 6.07) is 1.30. The molecule has 0 spiro atoms. The minimum atomic E-state index is -0.417. The summed E-state index contributed by atoms with van der Waals surface area (Å²) in [5.74, 6) is 0.348. The SMILES string of the molecule is CCC1C(=O)NCC(=O)N1Cc1ncccn1. The molecule has 0 saturated carbocycles. The molecule has 1 aromatic heterocycles. The number of hydrogen-bond acceptors (Lipinski definition) is 4. The summed E-state index contributed by atoms with van der Waals surface area (Å²) in [4.78, 5) is 33.1. The number of nitrogens with zero attached hydrogens (tertiary/aromatic N) is 3. The van der Waals surface area contributed by atoms with Gasteiger partial charge in [-0.1, -0.05) is 6.92 Å². The summed E-state index contributed by atoms with van der Waals surface area (Å²) in [5, 5.41) is 2.58. The van der Waals surface area contributed by atoms with Crippen LogP contribution in [-0.4, -0.2) is 39.3 Å². The van der Waals surface area contributed by atoms with E-state index >= 15 is 0 Å². The standard InChI is InChI=1S/C11H14N4O2/c1-2-8-11(17)14-6-10(16)15(8)7-9-12-4-3-5-13-9/h3-5,8H,2,6-7H2,1H3,(H,14,17). The Kier molecular flexibility index (Phi) is 3.32. The molecule has 0 aromatic carbocycles. The Morgan fingerprint density at radius 1 is 1.41 bits per heavy atom. The van der Waals surface area contributed by atoms with Gasteiger partial charge >= 0.3 is 0 Å². The van der Waals surface area contributed by atoms with Crippen molar-refractivity contribution >= 4 is 11.8 Å². The fraction of sp³-hybridized carbons (Fsp3) is 0.455. The van der Waals surface area contributed by atoms with Crippen molar-refractivity contribution in [2.24, 2.45) is 0 Å². The van der Waals surface area contributed by atoms with Gasteiger partial charge in [0, 0.05) is 12.4 Å². The van der Waals surface area contributed by atoms with Crippen molar-refractivity contribution in [2.45, 2.75) is 25.9 Å². The van der Waals surface area contributed by atoms with Crippen LogP contribution >= 0.6 is 0 Å². The van der Waals surface area contributed by atoms with E-state index in [1.807, 2.05) is 6.92 Å². The maximum Gasteiger partial charge on any atom is 0.243 e. The Hall–Kier alpha value is -1.98. The zero-order valence-electron chi connectivity index (χ0n) is 9.59. The molecule has 1 N–H and O–H groups in total. The molecule has 1 fully saturated rings. The Bertz CT molecular complexity index is 421. The lowest BCUT2D eigenvalue weighted by Crippen LogP contribution is -2.57. The molecule has 6 heteroatoms. The van der Waals surface area contributed by atoms with Crippen molar-refractivity contribution in [3.8, 4) is 0 Å². The highest BCUT2D eigenvalue weighted by atomic mass is 16.2. The van der Waals surface area contributed by atoms with Gasteiger partial charge in [0.25, 0.3) is 0 Å². The molecule has 1 aromatic rings. The summed E-state index contributed by atoms with van der Waals surface area (Å²) < 4.78 is 0. The van der Waals surface area contributed by atoms with Crippen LogP contribution in [0.2, 0.25) is 0 Å². The first-order valence-electron chi connectivity index (χ1n) is 5.55. The molecule has 0 radical (unpaired) electrons. The van der Waals surface area contributed by atoms with Crippen molar-refractivity contribution in [1.82, 2.24) is 20.2 Å². The van der Waals surface area contributed by atoms with Gasteiger partial charge in [0.05, 0.1) is 13.1 Å². The smallest absolute Gasteiger partial charge is 0.243 e. The third kappa shape index (κ3) is 2.41. The highest BCUT2D eigenvalue weighted by Gasteiger charge is 2.33. The average Bonchev–Trinajstić information content (AvgIpc) is 2.35. The van der Waals surface area contributed by atoms with Crippen LogP contribution in [0.1, 0.15) is 19.2 Å². The van der Waals surface area contributed by atoms with Crippen molar-refractivity contribution in [2.75, 3.05) is 6.54 Å². The molecular formula is C11H14N4O2. The number of hydrogen-bond donors (Lipinski definition) is 1. The molecule has 1 aliphatic rings. The number of aromatic nitrogens is 2. The second-order valence-corrected chi connectivity index (χ2v) is 3.83. The van der Waals surface area contributed by atoms with Crippen molar-refractivity contribution in [3.05, 3.63) is 24.3 Å². The largest absolute Gasteiger partial charge is 0.345 e.